The number of nitrogens with one attached hydrogen (secondary N) is 2. The Morgan fingerprint density at radius 2 is 1.88 bits per heavy atom. The average molecular weight is 342 g/mol. The first kappa shape index (κ1) is 16.6. The second kappa shape index (κ2) is 7.57. The van der Waals surface area contributed by atoms with E-state index in [1.165, 1.54) is 7.11 Å². The Labute approximate surface area is 144 Å². The van der Waals surface area contributed by atoms with Crippen molar-refractivity contribution in [3.8, 4) is 11.5 Å². The number of fused-ring (bicyclic) bond motifs is 1. The molecule has 0 radical (unpaired) electrons. The standard InChI is InChI=1S/C18H18N2O5/c1-23-17(21)14(9-12-5-3-2-4-6-12)20-18(22)19-13-7-8-15-16(10-13)25-11-24-15/h2-8,10,14H,9,11H2,1H3,(H2,19,20,22)/t14-/m1/s1. The van der Waals surface area contributed by atoms with Crippen molar-refractivity contribution in [3.63, 3.8) is 0 Å². The second-order valence-corrected chi connectivity index (χ2v) is 5.43. The van der Waals surface area contributed by atoms with Gasteiger partial charge < -0.3 is 24.8 Å². The SMILES string of the molecule is COC(=O)[C@@H](Cc1ccccc1)NC(=O)Nc1ccc2c(c1)OCO2. The smallest absolute Gasteiger partial charge is 0.328 e. The Morgan fingerprint density at radius 3 is 2.64 bits per heavy atom. The van der Waals surface area contributed by atoms with Gasteiger partial charge in [-0.05, 0) is 17.7 Å². The van der Waals surface area contributed by atoms with Gasteiger partial charge >= 0.3 is 12.0 Å². The summed E-state index contributed by atoms with van der Waals surface area (Å²) in [5.41, 5.74) is 1.45. The molecule has 2 N–H and O–H groups in total. The van der Waals surface area contributed by atoms with Crippen LogP contribution in [0, 0.1) is 0 Å². The first-order chi connectivity index (χ1) is 12.2. The van der Waals surface area contributed by atoms with Crippen LogP contribution in [-0.2, 0) is 16.0 Å². The monoisotopic (exact) mass is 342 g/mol. The van der Waals surface area contributed by atoms with Gasteiger partial charge in [-0.2, -0.15) is 0 Å². The number of rotatable bonds is 5. The lowest BCUT2D eigenvalue weighted by molar-refractivity contribution is -0.142. The summed E-state index contributed by atoms with van der Waals surface area (Å²) in [5, 5.41) is 5.31. The Morgan fingerprint density at radius 1 is 1.12 bits per heavy atom. The number of benzene rings is 2. The van der Waals surface area contributed by atoms with Crippen LogP contribution >= 0.6 is 0 Å². The molecule has 1 atom stereocenters. The second-order valence-electron chi connectivity index (χ2n) is 5.43. The van der Waals surface area contributed by atoms with Gasteiger partial charge in [-0.1, -0.05) is 30.3 Å². The zero-order valence-corrected chi connectivity index (χ0v) is 13.7. The van der Waals surface area contributed by atoms with Gasteiger partial charge in [0.2, 0.25) is 6.79 Å². The Bertz CT molecular complexity index is 763. The zero-order chi connectivity index (χ0) is 17.6. The number of hydrogen-bond acceptors (Lipinski definition) is 5. The number of anilines is 1. The molecule has 2 aromatic carbocycles. The van der Waals surface area contributed by atoms with Crippen LogP contribution in [0.15, 0.2) is 48.5 Å². The van der Waals surface area contributed by atoms with Crippen molar-refractivity contribution in [3.05, 3.63) is 54.1 Å². The van der Waals surface area contributed by atoms with E-state index in [9.17, 15) is 9.59 Å². The van der Waals surface area contributed by atoms with Crippen LogP contribution in [0.3, 0.4) is 0 Å². The third-order valence-electron chi connectivity index (χ3n) is 3.70. The van der Waals surface area contributed by atoms with Crippen molar-refractivity contribution >= 4 is 17.7 Å². The summed E-state index contributed by atoms with van der Waals surface area (Å²) < 4.78 is 15.3. The summed E-state index contributed by atoms with van der Waals surface area (Å²) >= 11 is 0. The molecule has 0 fully saturated rings. The minimum Gasteiger partial charge on any atom is -0.467 e. The fourth-order valence-corrected chi connectivity index (χ4v) is 2.49. The number of hydrogen-bond donors (Lipinski definition) is 2. The molecule has 0 unspecified atom stereocenters. The molecule has 1 heterocycles. The molecular formula is C18H18N2O5. The van der Waals surface area contributed by atoms with Gasteiger partial charge in [0.05, 0.1) is 7.11 Å². The number of carbonyl (C=O) groups excluding carboxylic acids is 2. The van der Waals surface area contributed by atoms with E-state index in [4.69, 9.17) is 14.2 Å². The number of ether oxygens (including phenoxy) is 3. The highest BCUT2D eigenvalue weighted by atomic mass is 16.7. The van der Waals surface area contributed by atoms with Crippen LogP contribution in [0.4, 0.5) is 10.5 Å². The van der Waals surface area contributed by atoms with Crippen molar-refractivity contribution < 1.29 is 23.8 Å². The van der Waals surface area contributed by atoms with Gasteiger partial charge in [0, 0.05) is 18.2 Å². The molecule has 25 heavy (non-hydrogen) atoms. The minimum absolute atomic E-state index is 0.159. The minimum atomic E-state index is -0.790. The molecule has 0 saturated carbocycles. The lowest BCUT2D eigenvalue weighted by Gasteiger charge is -2.17. The summed E-state index contributed by atoms with van der Waals surface area (Å²) in [6.07, 6.45) is 0.335. The van der Waals surface area contributed by atoms with E-state index in [0.717, 1.165) is 5.56 Å². The van der Waals surface area contributed by atoms with Crippen molar-refractivity contribution in [2.24, 2.45) is 0 Å². The van der Waals surface area contributed by atoms with E-state index in [1.54, 1.807) is 18.2 Å². The summed E-state index contributed by atoms with van der Waals surface area (Å²) in [5.74, 6) is 0.679. The first-order valence-corrected chi connectivity index (χ1v) is 7.74. The third-order valence-corrected chi connectivity index (χ3v) is 3.70. The van der Waals surface area contributed by atoms with Crippen LogP contribution in [0.5, 0.6) is 11.5 Å². The molecule has 7 heteroatoms. The van der Waals surface area contributed by atoms with E-state index in [2.05, 4.69) is 10.6 Å². The third kappa shape index (κ3) is 4.20. The van der Waals surface area contributed by atoms with Gasteiger partial charge in [0.25, 0.3) is 0 Å². The van der Waals surface area contributed by atoms with Crippen LogP contribution in [0.25, 0.3) is 0 Å². The number of urea groups is 1. The number of esters is 1. The summed E-state index contributed by atoms with van der Waals surface area (Å²) in [4.78, 5) is 24.2. The maximum Gasteiger partial charge on any atom is 0.328 e. The van der Waals surface area contributed by atoms with Gasteiger partial charge in [0.1, 0.15) is 6.04 Å². The van der Waals surface area contributed by atoms with Gasteiger partial charge in [-0.15, -0.1) is 0 Å². The van der Waals surface area contributed by atoms with E-state index in [1.807, 2.05) is 30.3 Å². The normalized spacial score (nSPS) is 13.0. The highest BCUT2D eigenvalue weighted by Crippen LogP contribution is 2.34. The molecule has 2 amide bonds. The van der Waals surface area contributed by atoms with E-state index >= 15 is 0 Å². The van der Waals surface area contributed by atoms with E-state index < -0.39 is 18.0 Å². The molecule has 7 nitrogen and oxygen atoms in total. The molecule has 1 aliphatic heterocycles. The Hall–Kier alpha value is -3.22. The molecule has 0 saturated heterocycles. The summed E-state index contributed by atoms with van der Waals surface area (Å²) in [7, 11) is 1.29. The molecule has 1 aliphatic rings. The van der Waals surface area contributed by atoms with Gasteiger partial charge in [-0.25, -0.2) is 9.59 Å². The van der Waals surface area contributed by atoms with Crippen LogP contribution in [0.2, 0.25) is 0 Å². The fraction of sp³-hybridized carbons (Fsp3) is 0.222. The van der Waals surface area contributed by atoms with Gasteiger partial charge in [0.15, 0.2) is 11.5 Å². The molecule has 0 bridgehead atoms. The molecule has 2 aromatic rings. The maximum atomic E-state index is 12.2. The Kier molecular flexibility index (Phi) is 5.03. The zero-order valence-electron chi connectivity index (χ0n) is 13.7. The largest absolute Gasteiger partial charge is 0.467 e. The molecule has 0 aliphatic carbocycles. The highest BCUT2D eigenvalue weighted by Gasteiger charge is 2.22. The molecule has 0 spiro atoms. The highest BCUT2D eigenvalue weighted by molar-refractivity contribution is 5.93. The van der Waals surface area contributed by atoms with E-state index in [-0.39, 0.29) is 6.79 Å². The van der Waals surface area contributed by atoms with E-state index in [0.29, 0.717) is 23.6 Å². The molecule has 0 aromatic heterocycles. The van der Waals surface area contributed by atoms with Crippen molar-refractivity contribution in [1.29, 1.82) is 0 Å². The molecular weight excluding hydrogens is 324 g/mol. The van der Waals surface area contributed by atoms with Crippen molar-refractivity contribution in [1.82, 2.24) is 5.32 Å². The van der Waals surface area contributed by atoms with Crippen LogP contribution in [-0.4, -0.2) is 31.9 Å². The van der Waals surface area contributed by atoms with Crippen LogP contribution < -0.4 is 20.1 Å². The lowest BCUT2D eigenvalue weighted by Crippen LogP contribution is -2.45. The summed E-state index contributed by atoms with van der Waals surface area (Å²) in [6.45, 7) is 0.159. The first-order valence-electron chi connectivity index (χ1n) is 7.74. The van der Waals surface area contributed by atoms with Crippen molar-refractivity contribution in [2.45, 2.75) is 12.5 Å². The molecule has 3 rings (SSSR count). The number of carbonyl (C=O) groups is 2. The summed E-state index contributed by atoms with van der Waals surface area (Å²) in [6, 6.07) is 13.2. The maximum absolute atomic E-state index is 12.2. The number of amides is 2. The number of methoxy groups -OCH3 is 1. The molecule has 130 valence electrons. The lowest BCUT2D eigenvalue weighted by atomic mass is 10.1. The average Bonchev–Trinajstić information content (AvgIpc) is 3.09. The fourth-order valence-electron chi connectivity index (χ4n) is 2.49. The Balaban J connectivity index is 1.64. The predicted octanol–water partition coefficient (Wildman–Crippen LogP) is 2.32. The van der Waals surface area contributed by atoms with Crippen LogP contribution in [0.1, 0.15) is 5.56 Å². The topological polar surface area (TPSA) is 85.9 Å². The predicted molar refractivity (Wildman–Crippen MR) is 90.7 cm³/mol. The van der Waals surface area contributed by atoms with Gasteiger partial charge in [-0.3, -0.25) is 0 Å². The quantitative estimate of drug-likeness (QED) is 0.815. The van der Waals surface area contributed by atoms with Crippen molar-refractivity contribution in [2.75, 3.05) is 19.2 Å².